The number of epoxide rings is 1. The summed E-state index contributed by atoms with van der Waals surface area (Å²) in [6.45, 7) is 4.89. The molecule has 0 N–H and O–H groups in total. The Morgan fingerprint density at radius 3 is 2.35 bits per heavy atom. The fourth-order valence-electron chi connectivity index (χ4n) is 1.17. The summed E-state index contributed by atoms with van der Waals surface area (Å²) in [4.78, 5) is 0. The van der Waals surface area contributed by atoms with Crippen molar-refractivity contribution in [1.82, 2.24) is 0 Å². The molecule has 1 aliphatic rings. The summed E-state index contributed by atoms with van der Waals surface area (Å²) in [5, 5.41) is 0. The van der Waals surface area contributed by atoms with Gasteiger partial charge in [0.15, 0.2) is 0 Å². The first-order valence-electron chi connectivity index (χ1n) is 5.84. The monoisotopic (exact) mass is 286 g/mol. The molecule has 102 valence electrons. The molecule has 0 aliphatic carbocycles. The minimum absolute atomic E-state index is 0.108. The summed E-state index contributed by atoms with van der Waals surface area (Å²) >= 11 is 11.6. The Morgan fingerprint density at radius 1 is 1.18 bits per heavy atom. The molecule has 1 fully saturated rings. The third-order valence-electron chi connectivity index (χ3n) is 2.29. The largest absolute Gasteiger partial charge is 0.379 e. The van der Waals surface area contributed by atoms with Crippen molar-refractivity contribution in [3.8, 4) is 0 Å². The minimum Gasteiger partial charge on any atom is -0.379 e. The van der Waals surface area contributed by atoms with E-state index in [1.165, 1.54) is 0 Å². The predicted molar refractivity (Wildman–Crippen MR) is 67.2 cm³/mol. The molecule has 0 aromatic carbocycles. The average molecular weight is 287 g/mol. The average Bonchev–Trinajstić information content (AvgIpc) is 3.17. The highest BCUT2D eigenvalue weighted by Crippen LogP contribution is 2.11. The fourth-order valence-corrected chi connectivity index (χ4v) is 1.53. The first-order valence-corrected chi connectivity index (χ1v) is 6.91. The second kappa shape index (κ2) is 9.36. The Morgan fingerprint density at radius 2 is 1.82 bits per heavy atom. The van der Waals surface area contributed by atoms with Crippen molar-refractivity contribution in [1.29, 1.82) is 0 Å². The highest BCUT2D eigenvalue weighted by Gasteiger charge is 2.24. The van der Waals surface area contributed by atoms with Crippen LogP contribution < -0.4 is 0 Å². The van der Waals surface area contributed by atoms with Crippen LogP contribution in [0.15, 0.2) is 0 Å². The molecule has 0 aromatic heterocycles. The zero-order valence-corrected chi connectivity index (χ0v) is 11.6. The van der Waals surface area contributed by atoms with Crippen molar-refractivity contribution in [2.75, 3.05) is 44.8 Å². The summed E-state index contributed by atoms with van der Waals surface area (Å²) in [6.07, 6.45) is 0.0179. The van der Waals surface area contributed by atoms with Gasteiger partial charge < -0.3 is 18.9 Å². The molecule has 0 spiro atoms. The first kappa shape index (κ1) is 15.5. The van der Waals surface area contributed by atoms with Gasteiger partial charge in [-0.25, -0.2) is 0 Å². The van der Waals surface area contributed by atoms with E-state index in [1.807, 2.05) is 6.92 Å². The van der Waals surface area contributed by atoms with Crippen LogP contribution in [0.4, 0.5) is 0 Å². The molecule has 4 nitrogen and oxygen atoms in total. The van der Waals surface area contributed by atoms with Gasteiger partial charge in [0.05, 0.1) is 50.4 Å². The van der Waals surface area contributed by atoms with Gasteiger partial charge in [-0.15, -0.1) is 23.2 Å². The lowest BCUT2D eigenvalue weighted by atomic mass is 10.4. The quantitative estimate of drug-likeness (QED) is 0.428. The molecule has 0 saturated carbocycles. The van der Waals surface area contributed by atoms with Gasteiger partial charge in [-0.05, 0) is 6.92 Å². The molecule has 0 bridgehead atoms. The third kappa shape index (κ3) is 7.44. The van der Waals surface area contributed by atoms with Crippen LogP contribution in [0.1, 0.15) is 6.92 Å². The first-order chi connectivity index (χ1) is 8.30. The van der Waals surface area contributed by atoms with Crippen molar-refractivity contribution in [2.45, 2.75) is 25.2 Å². The van der Waals surface area contributed by atoms with Crippen LogP contribution in [-0.4, -0.2) is 63.1 Å². The van der Waals surface area contributed by atoms with Gasteiger partial charge in [-0.1, -0.05) is 0 Å². The van der Waals surface area contributed by atoms with Crippen LogP contribution in [0.25, 0.3) is 0 Å². The molecule has 0 aromatic rings. The Hall–Kier alpha value is 0.420. The maximum atomic E-state index is 5.79. The normalized spacial score (nSPS) is 22.4. The zero-order valence-electron chi connectivity index (χ0n) is 10.1. The molecule has 3 unspecified atom stereocenters. The summed E-state index contributed by atoms with van der Waals surface area (Å²) in [6, 6.07) is 0. The van der Waals surface area contributed by atoms with Gasteiger partial charge in [0.2, 0.25) is 0 Å². The molecule has 1 aliphatic heterocycles. The van der Waals surface area contributed by atoms with Gasteiger partial charge >= 0.3 is 0 Å². The number of rotatable bonds is 11. The van der Waals surface area contributed by atoms with Crippen LogP contribution in [0.2, 0.25) is 0 Å². The number of hydrogen-bond acceptors (Lipinski definition) is 4. The van der Waals surface area contributed by atoms with E-state index in [0.717, 1.165) is 6.61 Å². The van der Waals surface area contributed by atoms with Crippen LogP contribution in [0.3, 0.4) is 0 Å². The van der Waals surface area contributed by atoms with Crippen molar-refractivity contribution in [3.05, 3.63) is 0 Å². The molecule has 0 amide bonds. The molecular formula is C11H20Cl2O4. The molecule has 17 heavy (non-hydrogen) atoms. The van der Waals surface area contributed by atoms with E-state index in [2.05, 4.69) is 0 Å². The Bertz CT molecular complexity index is 190. The smallest absolute Gasteiger partial charge is 0.104 e. The van der Waals surface area contributed by atoms with E-state index < -0.39 is 0 Å². The fraction of sp³-hybridized carbons (Fsp3) is 1.00. The Kier molecular flexibility index (Phi) is 8.52. The summed E-state index contributed by atoms with van der Waals surface area (Å²) in [5.41, 5.74) is 0. The molecule has 1 rings (SSSR count). The van der Waals surface area contributed by atoms with Gasteiger partial charge in [-0.2, -0.15) is 0 Å². The molecule has 1 saturated heterocycles. The van der Waals surface area contributed by atoms with E-state index in [1.54, 1.807) is 0 Å². The van der Waals surface area contributed by atoms with E-state index in [0.29, 0.717) is 38.2 Å². The molecular weight excluding hydrogens is 267 g/mol. The number of hydrogen-bond donors (Lipinski definition) is 0. The van der Waals surface area contributed by atoms with E-state index in [-0.39, 0.29) is 18.3 Å². The lowest BCUT2D eigenvalue weighted by Crippen LogP contribution is -2.30. The van der Waals surface area contributed by atoms with Gasteiger partial charge in [0.1, 0.15) is 6.10 Å². The standard InChI is InChI=1S/C11H20Cl2O4/c1-2-14-5-9(3-12)15-6-10(4-13)16-7-11-8-17-11/h9-11H,2-8H2,1H3. The van der Waals surface area contributed by atoms with E-state index >= 15 is 0 Å². The topological polar surface area (TPSA) is 40.2 Å². The highest BCUT2D eigenvalue weighted by atomic mass is 35.5. The third-order valence-corrected chi connectivity index (χ3v) is 2.98. The van der Waals surface area contributed by atoms with Gasteiger partial charge in [0.25, 0.3) is 0 Å². The predicted octanol–water partition coefficient (Wildman–Crippen LogP) is 1.67. The highest BCUT2D eigenvalue weighted by molar-refractivity contribution is 6.18. The number of alkyl halides is 2. The SMILES string of the molecule is CCOCC(CCl)OCC(CCl)OCC1CO1. The van der Waals surface area contributed by atoms with E-state index in [9.17, 15) is 0 Å². The summed E-state index contributed by atoms with van der Waals surface area (Å²) in [7, 11) is 0. The zero-order chi connectivity index (χ0) is 12.5. The van der Waals surface area contributed by atoms with Gasteiger partial charge in [-0.3, -0.25) is 0 Å². The lowest BCUT2D eigenvalue weighted by molar-refractivity contribution is -0.0553. The summed E-state index contributed by atoms with van der Waals surface area (Å²) in [5.74, 6) is 0.803. The second-order valence-electron chi connectivity index (χ2n) is 3.83. The van der Waals surface area contributed by atoms with Crippen LogP contribution in [0, 0.1) is 0 Å². The maximum absolute atomic E-state index is 5.79. The number of halogens is 2. The number of ether oxygens (including phenoxy) is 4. The van der Waals surface area contributed by atoms with E-state index in [4.69, 9.17) is 42.1 Å². The Labute approximate surface area is 112 Å². The lowest BCUT2D eigenvalue weighted by Gasteiger charge is -2.19. The molecule has 6 heteroatoms. The minimum atomic E-state index is -0.117. The summed E-state index contributed by atoms with van der Waals surface area (Å²) < 4.78 is 21.5. The van der Waals surface area contributed by atoms with Crippen molar-refractivity contribution >= 4 is 23.2 Å². The Balaban J connectivity index is 2.09. The van der Waals surface area contributed by atoms with Crippen molar-refractivity contribution < 1.29 is 18.9 Å². The van der Waals surface area contributed by atoms with Gasteiger partial charge in [0, 0.05) is 6.61 Å². The van der Waals surface area contributed by atoms with Crippen LogP contribution in [0.5, 0.6) is 0 Å². The van der Waals surface area contributed by atoms with Crippen LogP contribution >= 0.6 is 23.2 Å². The van der Waals surface area contributed by atoms with Crippen LogP contribution in [-0.2, 0) is 18.9 Å². The second-order valence-corrected chi connectivity index (χ2v) is 4.45. The van der Waals surface area contributed by atoms with Crippen molar-refractivity contribution in [2.24, 2.45) is 0 Å². The molecule has 3 atom stereocenters. The van der Waals surface area contributed by atoms with Crippen molar-refractivity contribution in [3.63, 3.8) is 0 Å². The molecule has 0 radical (unpaired) electrons. The maximum Gasteiger partial charge on any atom is 0.104 e. The molecule has 1 heterocycles.